The van der Waals surface area contributed by atoms with Crippen molar-refractivity contribution in [2.75, 3.05) is 25.5 Å². The molecule has 0 aliphatic heterocycles. The minimum absolute atomic E-state index is 0.197. The summed E-state index contributed by atoms with van der Waals surface area (Å²) < 4.78 is 4.58. The van der Waals surface area contributed by atoms with E-state index in [1.54, 1.807) is 4.90 Å². The van der Waals surface area contributed by atoms with Gasteiger partial charge in [0.15, 0.2) is 0 Å². The van der Waals surface area contributed by atoms with Crippen LogP contribution in [0.4, 0.5) is 10.5 Å². The number of carbonyl (C=O) groups excluding carboxylic acids is 2. The summed E-state index contributed by atoms with van der Waals surface area (Å²) in [5.41, 5.74) is 0.742. The molecule has 0 atom stereocenters. The van der Waals surface area contributed by atoms with E-state index in [4.69, 9.17) is 0 Å². The Hall–Kier alpha value is -2.04. The van der Waals surface area contributed by atoms with E-state index >= 15 is 0 Å². The topological polar surface area (TPSA) is 58.6 Å². The van der Waals surface area contributed by atoms with Gasteiger partial charge in [0.05, 0.1) is 13.5 Å². The van der Waals surface area contributed by atoms with Crippen molar-refractivity contribution in [3.05, 3.63) is 30.3 Å². The summed E-state index contributed by atoms with van der Waals surface area (Å²) in [4.78, 5) is 24.8. The molecule has 0 aromatic heterocycles. The van der Waals surface area contributed by atoms with Gasteiger partial charge in [-0.15, -0.1) is 0 Å². The van der Waals surface area contributed by atoms with Crippen LogP contribution < -0.4 is 5.32 Å². The molecular formula is C14H20N2O3. The Kier molecular flexibility index (Phi) is 6.43. The number of para-hydroxylation sites is 1. The van der Waals surface area contributed by atoms with Crippen molar-refractivity contribution in [2.24, 2.45) is 0 Å². The lowest BCUT2D eigenvalue weighted by Gasteiger charge is -2.22. The Morgan fingerprint density at radius 3 is 2.47 bits per heavy atom. The number of anilines is 1. The average Bonchev–Trinajstić information content (AvgIpc) is 2.44. The molecule has 19 heavy (non-hydrogen) atoms. The summed E-state index contributed by atoms with van der Waals surface area (Å²) in [6.07, 6.45) is 1.04. The van der Waals surface area contributed by atoms with Gasteiger partial charge in [-0.3, -0.25) is 4.79 Å². The van der Waals surface area contributed by atoms with Crippen LogP contribution in [-0.4, -0.2) is 37.1 Å². The molecule has 5 nitrogen and oxygen atoms in total. The fourth-order valence-corrected chi connectivity index (χ4v) is 1.64. The number of hydrogen-bond acceptors (Lipinski definition) is 3. The predicted molar refractivity (Wildman–Crippen MR) is 74.0 cm³/mol. The van der Waals surface area contributed by atoms with E-state index in [0.717, 1.165) is 12.1 Å². The van der Waals surface area contributed by atoms with Crippen molar-refractivity contribution in [1.29, 1.82) is 0 Å². The quantitative estimate of drug-likeness (QED) is 0.803. The normalized spacial score (nSPS) is 9.79. The number of ether oxygens (including phenoxy) is 1. The minimum atomic E-state index is -0.311. The summed E-state index contributed by atoms with van der Waals surface area (Å²) in [7, 11) is 1.34. The second kappa shape index (κ2) is 8.13. The molecule has 0 aliphatic rings. The van der Waals surface area contributed by atoms with Crippen molar-refractivity contribution in [3.8, 4) is 0 Å². The number of nitrogens with zero attached hydrogens (tertiary/aromatic N) is 1. The average molecular weight is 264 g/mol. The van der Waals surface area contributed by atoms with E-state index in [1.165, 1.54) is 7.11 Å². The van der Waals surface area contributed by atoms with E-state index in [-0.39, 0.29) is 18.4 Å². The molecule has 1 aromatic rings. The number of methoxy groups -OCH3 is 1. The number of rotatable bonds is 6. The van der Waals surface area contributed by atoms with Crippen LogP contribution in [-0.2, 0) is 9.53 Å². The molecule has 0 unspecified atom stereocenters. The number of hydrogen-bond donors (Lipinski definition) is 1. The molecule has 2 amide bonds. The summed E-state index contributed by atoms with van der Waals surface area (Å²) in [5.74, 6) is -0.311. The Labute approximate surface area is 113 Å². The van der Waals surface area contributed by atoms with Crippen LogP contribution in [0.3, 0.4) is 0 Å². The van der Waals surface area contributed by atoms with Gasteiger partial charge >= 0.3 is 12.0 Å². The fourth-order valence-electron chi connectivity index (χ4n) is 1.64. The third-order valence-corrected chi connectivity index (χ3v) is 2.62. The SMILES string of the molecule is CCCN(CCC(=O)OC)C(=O)Nc1ccccc1. The first-order valence-electron chi connectivity index (χ1n) is 6.35. The van der Waals surface area contributed by atoms with E-state index in [9.17, 15) is 9.59 Å². The highest BCUT2D eigenvalue weighted by atomic mass is 16.5. The molecule has 1 aromatic carbocycles. The lowest BCUT2D eigenvalue weighted by atomic mass is 10.3. The first-order valence-corrected chi connectivity index (χ1v) is 6.35. The van der Waals surface area contributed by atoms with Crippen LogP contribution in [0.25, 0.3) is 0 Å². The van der Waals surface area contributed by atoms with Crippen LogP contribution in [0.15, 0.2) is 30.3 Å². The van der Waals surface area contributed by atoms with Crippen LogP contribution >= 0.6 is 0 Å². The maximum absolute atomic E-state index is 12.1. The summed E-state index contributed by atoms with van der Waals surface area (Å²) in [5, 5.41) is 2.80. The Morgan fingerprint density at radius 1 is 1.21 bits per heavy atom. The summed E-state index contributed by atoms with van der Waals surface area (Å²) in [6, 6.07) is 9.04. The van der Waals surface area contributed by atoms with Crippen LogP contribution in [0.5, 0.6) is 0 Å². The van der Waals surface area contributed by atoms with Gasteiger partial charge in [0.1, 0.15) is 0 Å². The lowest BCUT2D eigenvalue weighted by Crippen LogP contribution is -2.37. The Morgan fingerprint density at radius 2 is 1.89 bits per heavy atom. The monoisotopic (exact) mass is 264 g/mol. The Bertz CT molecular complexity index is 406. The molecule has 1 N–H and O–H groups in total. The van der Waals surface area contributed by atoms with Crippen molar-refractivity contribution in [1.82, 2.24) is 4.90 Å². The molecule has 1 rings (SSSR count). The third-order valence-electron chi connectivity index (χ3n) is 2.62. The third kappa shape index (κ3) is 5.42. The molecule has 0 saturated carbocycles. The smallest absolute Gasteiger partial charge is 0.321 e. The van der Waals surface area contributed by atoms with Gasteiger partial charge in [-0.1, -0.05) is 25.1 Å². The first-order chi connectivity index (χ1) is 9.17. The number of urea groups is 1. The summed E-state index contributed by atoms with van der Waals surface area (Å²) in [6.45, 7) is 2.95. The predicted octanol–water partition coefficient (Wildman–Crippen LogP) is 2.49. The zero-order valence-electron chi connectivity index (χ0n) is 11.4. The number of esters is 1. The number of benzene rings is 1. The zero-order chi connectivity index (χ0) is 14.1. The zero-order valence-corrected chi connectivity index (χ0v) is 11.4. The molecule has 0 fully saturated rings. The van der Waals surface area contributed by atoms with Crippen molar-refractivity contribution in [3.63, 3.8) is 0 Å². The van der Waals surface area contributed by atoms with Gasteiger partial charge in [0.2, 0.25) is 0 Å². The van der Waals surface area contributed by atoms with Gasteiger partial charge in [-0.25, -0.2) is 4.79 Å². The summed E-state index contributed by atoms with van der Waals surface area (Å²) >= 11 is 0. The molecular weight excluding hydrogens is 244 g/mol. The van der Waals surface area contributed by atoms with Gasteiger partial charge < -0.3 is 15.0 Å². The molecule has 0 saturated heterocycles. The van der Waals surface area contributed by atoms with Gasteiger partial charge in [0, 0.05) is 18.8 Å². The molecule has 5 heteroatoms. The molecule has 104 valence electrons. The minimum Gasteiger partial charge on any atom is -0.469 e. The standard InChI is InChI=1S/C14H20N2O3/c1-3-10-16(11-9-13(17)19-2)14(18)15-12-7-5-4-6-8-12/h4-8H,3,9-11H2,1-2H3,(H,15,18). The maximum Gasteiger partial charge on any atom is 0.321 e. The van der Waals surface area contributed by atoms with Gasteiger partial charge in [-0.2, -0.15) is 0 Å². The maximum atomic E-state index is 12.1. The van der Waals surface area contributed by atoms with Crippen molar-refractivity contribution >= 4 is 17.7 Å². The van der Waals surface area contributed by atoms with Crippen molar-refractivity contribution < 1.29 is 14.3 Å². The second-order valence-electron chi connectivity index (χ2n) is 4.11. The fraction of sp³-hybridized carbons (Fsp3) is 0.429. The highest BCUT2D eigenvalue weighted by Gasteiger charge is 2.14. The van der Waals surface area contributed by atoms with Crippen LogP contribution in [0.1, 0.15) is 19.8 Å². The van der Waals surface area contributed by atoms with Gasteiger partial charge in [-0.05, 0) is 18.6 Å². The number of nitrogens with one attached hydrogen (secondary N) is 1. The van der Waals surface area contributed by atoms with E-state index < -0.39 is 0 Å². The largest absolute Gasteiger partial charge is 0.469 e. The highest BCUT2D eigenvalue weighted by molar-refractivity contribution is 5.89. The molecule has 0 spiro atoms. The number of carbonyl (C=O) groups is 2. The molecule has 0 radical (unpaired) electrons. The van der Waals surface area contributed by atoms with E-state index in [0.29, 0.717) is 13.1 Å². The van der Waals surface area contributed by atoms with E-state index in [1.807, 2.05) is 37.3 Å². The molecule has 0 heterocycles. The molecule has 0 aliphatic carbocycles. The molecule has 0 bridgehead atoms. The van der Waals surface area contributed by atoms with Crippen LogP contribution in [0, 0.1) is 0 Å². The van der Waals surface area contributed by atoms with Crippen molar-refractivity contribution in [2.45, 2.75) is 19.8 Å². The first kappa shape index (κ1) is 15.0. The second-order valence-corrected chi connectivity index (χ2v) is 4.11. The Balaban J connectivity index is 2.55. The van der Waals surface area contributed by atoms with Gasteiger partial charge in [0.25, 0.3) is 0 Å². The lowest BCUT2D eigenvalue weighted by molar-refractivity contribution is -0.140. The van der Waals surface area contributed by atoms with E-state index in [2.05, 4.69) is 10.1 Å². The number of amides is 2. The highest BCUT2D eigenvalue weighted by Crippen LogP contribution is 2.07. The van der Waals surface area contributed by atoms with Crippen LogP contribution in [0.2, 0.25) is 0 Å².